The van der Waals surface area contributed by atoms with E-state index in [1.165, 1.54) is 0 Å². The van der Waals surface area contributed by atoms with E-state index in [0.29, 0.717) is 5.02 Å². The van der Waals surface area contributed by atoms with Crippen molar-refractivity contribution >= 4 is 33.3 Å². The van der Waals surface area contributed by atoms with E-state index in [-0.39, 0.29) is 0 Å². The van der Waals surface area contributed by atoms with Gasteiger partial charge in [0.1, 0.15) is 5.82 Å². The van der Waals surface area contributed by atoms with E-state index in [9.17, 15) is 0 Å². The van der Waals surface area contributed by atoms with Crippen molar-refractivity contribution in [1.29, 1.82) is 0 Å². The SMILES string of the molecule is CCN(CC)c1ncc(Br)cc1Cl. The van der Waals surface area contributed by atoms with Gasteiger partial charge in [0.05, 0.1) is 5.02 Å². The molecule has 0 amide bonds. The second-order valence-electron chi connectivity index (χ2n) is 2.63. The molecule has 4 heteroatoms. The zero-order chi connectivity index (χ0) is 9.84. The Hall–Kier alpha value is -0.280. The van der Waals surface area contributed by atoms with Crippen LogP contribution in [0.1, 0.15) is 13.8 Å². The second kappa shape index (κ2) is 4.82. The lowest BCUT2D eigenvalue weighted by Crippen LogP contribution is -2.23. The van der Waals surface area contributed by atoms with Crippen molar-refractivity contribution in [3.63, 3.8) is 0 Å². The van der Waals surface area contributed by atoms with Crippen molar-refractivity contribution in [3.05, 3.63) is 21.8 Å². The molecular weight excluding hydrogens is 251 g/mol. The third-order valence-corrected chi connectivity index (χ3v) is 2.56. The molecule has 0 N–H and O–H groups in total. The molecule has 0 aromatic carbocycles. The van der Waals surface area contributed by atoms with Gasteiger partial charge in [-0.1, -0.05) is 11.6 Å². The van der Waals surface area contributed by atoms with Crippen LogP contribution in [0, 0.1) is 0 Å². The highest BCUT2D eigenvalue weighted by Gasteiger charge is 2.08. The van der Waals surface area contributed by atoms with E-state index in [1.807, 2.05) is 6.07 Å². The number of pyridine rings is 1. The molecule has 0 saturated carbocycles. The van der Waals surface area contributed by atoms with Crippen LogP contribution in [0.4, 0.5) is 5.82 Å². The molecule has 0 atom stereocenters. The molecule has 0 saturated heterocycles. The maximum Gasteiger partial charge on any atom is 0.147 e. The summed E-state index contributed by atoms with van der Waals surface area (Å²) in [6.45, 7) is 6.02. The first-order valence-corrected chi connectivity index (χ1v) is 5.42. The summed E-state index contributed by atoms with van der Waals surface area (Å²) < 4.78 is 0.911. The first-order chi connectivity index (χ1) is 6.19. The maximum atomic E-state index is 6.05. The van der Waals surface area contributed by atoms with Gasteiger partial charge in [-0.15, -0.1) is 0 Å². The van der Waals surface area contributed by atoms with Gasteiger partial charge in [0.15, 0.2) is 0 Å². The molecule has 0 aliphatic heterocycles. The van der Waals surface area contributed by atoms with Crippen molar-refractivity contribution in [2.45, 2.75) is 13.8 Å². The summed E-state index contributed by atoms with van der Waals surface area (Å²) in [5.74, 6) is 0.856. The number of rotatable bonds is 3. The minimum absolute atomic E-state index is 0.693. The average Bonchev–Trinajstić information content (AvgIpc) is 2.10. The third-order valence-electron chi connectivity index (χ3n) is 1.85. The molecule has 0 bridgehead atoms. The van der Waals surface area contributed by atoms with Gasteiger partial charge in [-0.2, -0.15) is 0 Å². The Labute approximate surface area is 92.0 Å². The molecule has 0 radical (unpaired) electrons. The van der Waals surface area contributed by atoms with Crippen LogP contribution in [0.2, 0.25) is 5.02 Å². The summed E-state index contributed by atoms with van der Waals surface area (Å²) in [5, 5.41) is 0.693. The van der Waals surface area contributed by atoms with Crippen molar-refractivity contribution < 1.29 is 0 Å². The fraction of sp³-hybridized carbons (Fsp3) is 0.444. The lowest BCUT2D eigenvalue weighted by atomic mass is 10.4. The first-order valence-electron chi connectivity index (χ1n) is 4.25. The number of hydrogen-bond acceptors (Lipinski definition) is 2. The highest BCUT2D eigenvalue weighted by molar-refractivity contribution is 9.10. The first kappa shape index (κ1) is 10.8. The second-order valence-corrected chi connectivity index (χ2v) is 3.95. The van der Waals surface area contributed by atoms with Gasteiger partial charge < -0.3 is 4.90 Å². The van der Waals surface area contributed by atoms with Crippen LogP contribution >= 0.6 is 27.5 Å². The summed E-state index contributed by atoms with van der Waals surface area (Å²) in [5.41, 5.74) is 0. The lowest BCUT2D eigenvalue weighted by Gasteiger charge is -2.20. The van der Waals surface area contributed by atoms with Crippen LogP contribution < -0.4 is 4.90 Å². The van der Waals surface area contributed by atoms with Gasteiger partial charge in [-0.25, -0.2) is 4.98 Å². The van der Waals surface area contributed by atoms with Gasteiger partial charge in [0, 0.05) is 23.8 Å². The van der Waals surface area contributed by atoms with Crippen LogP contribution in [-0.4, -0.2) is 18.1 Å². The predicted molar refractivity (Wildman–Crippen MR) is 60.5 cm³/mol. The van der Waals surface area contributed by atoms with Gasteiger partial charge in [-0.3, -0.25) is 0 Å². The monoisotopic (exact) mass is 262 g/mol. The highest BCUT2D eigenvalue weighted by atomic mass is 79.9. The topological polar surface area (TPSA) is 16.1 Å². The van der Waals surface area contributed by atoms with Gasteiger partial charge >= 0.3 is 0 Å². The van der Waals surface area contributed by atoms with E-state index in [2.05, 4.69) is 39.7 Å². The number of anilines is 1. The van der Waals surface area contributed by atoms with Crippen LogP contribution in [-0.2, 0) is 0 Å². The molecule has 2 nitrogen and oxygen atoms in total. The summed E-state index contributed by atoms with van der Waals surface area (Å²) in [7, 11) is 0. The highest BCUT2D eigenvalue weighted by Crippen LogP contribution is 2.25. The fourth-order valence-corrected chi connectivity index (χ4v) is 1.91. The molecule has 1 heterocycles. The maximum absolute atomic E-state index is 6.05. The molecule has 0 spiro atoms. The van der Waals surface area contributed by atoms with E-state index < -0.39 is 0 Å². The zero-order valence-corrected chi connectivity index (χ0v) is 10.1. The van der Waals surface area contributed by atoms with Gasteiger partial charge in [-0.05, 0) is 35.8 Å². The fourth-order valence-electron chi connectivity index (χ4n) is 1.16. The Balaban J connectivity index is 2.99. The van der Waals surface area contributed by atoms with Crippen LogP contribution in [0.3, 0.4) is 0 Å². The summed E-state index contributed by atoms with van der Waals surface area (Å²) >= 11 is 9.37. The van der Waals surface area contributed by atoms with Crippen LogP contribution in [0.15, 0.2) is 16.7 Å². The molecule has 0 aliphatic carbocycles. The van der Waals surface area contributed by atoms with Crippen molar-refractivity contribution in [2.24, 2.45) is 0 Å². The zero-order valence-electron chi connectivity index (χ0n) is 7.72. The van der Waals surface area contributed by atoms with E-state index in [0.717, 1.165) is 23.4 Å². The van der Waals surface area contributed by atoms with E-state index in [1.54, 1.807) is 6.20 Å². The number of hydrogen-bond donors (Lipinski definition) is 0. The van der Waals surface area contributed by atoms with Gasteiger partial charge in [0.25, 0.3) is 0 Å². The lowest BCUT2D eigenvalue weighted by molar-refractivity contribution is 0.846. The summed E-state index contributed by atoms with van der Waals surface area (Å²) in [6.07, 6.45) is 1.76. The minimum Gasteiger partial charge on any atom is -0.356 e. The molecule has 1 rings (SSSR count). The molecule has 1 aromatic rings. The van der Waals surface area contributed by atoms with Crippen molar-refractivity contribution in [1.82, 2.24) is 4.98 Å². The minimum atomic E-state index is 0.693. The predicted octanol–water partition coefficient (Wildman–Crippen LogP) is 3.34. The largest absolute Gasteiger partial charge is 0.356 e. The molecule has 0 aliphatic rings. The standard InChI is InChI=1S/C9H12BrClN2/c1-3-13(4-2)9-8(11)5-7(10)6-12-9/h5-6H,3-4H2,1-2H3. The normalized spacial score (nSPS) is 10.2. The smallest absolute Gasteiger partial charge is 0.147 e. The summed E-state index contributed by atoms with van der Waals surface area (Å²) in [6, 6.07) is 1.86. The average molecular weight is 264 g/mol. The Morgan fingerprint density at radius 3 is 2.54 bits per heavy atom. The van der Waals surface area contributed by atoms with E-state index in [4.69, 9.17) is 11.6 Å². The Morgan fingerprint density at radius 1 is 1.46 bits per heavy atom. The Kier molecular flexibility index (Phi) is 4.00. The van der Waals surface area contributed by atoms with Crippen LogP contribution in [0.5, 0.6) is 0 Å². The molecule has 0 fully saturated rings. The van der Waals surface area contributed by atoms with Crippen LogP contribution in [0.25, 0.3) is 0 Å². The van der Waals surface area contributed by atoms with Crippen molar-refractivity contribution in [3.8, 4) is 0 Å². The third kappa shape index (κ3) is 2.58. The van der Waals surface area contributed by atoms with Gasteiger partial charge in [0.2, 0.25) is 0 Å². The summed E-state index contributed by atoms with van der Waals surface area (Å²) in [4.78, 5) is 6.39. The molecule has 72 valence electrons. The molecule has 1 aromatic heterocycles. The number of nitrogens with zero attached hydrogens (tertiary/aromatic N) is 2. The number of halogens is 2. The Bertz CT molecular complexity index is 287. The Morgan fingerprint density at radius 2 is 2.08 bits per heavy atom. The molecular formula is C9H12BrClN2. The van der Waals surface area contributed by atoms with Crippen molar-refractivity contribution in [2.75, 3.05) is 18.0 Å². The molecule has 13 heavy (non-hydrogen) atoms. The quantitative estimate of drug-likeness (QED) is 0.831. The van der Waals surface area contributed by atoms with E-state index >= 15 is 0 Å². The molecule has 0 unspecified atom stereocenters. The number of aromatic nitrogens is 1.